The summed E-state index contributed by atoms with van der Waals surface area (Å²) in [6, 6.07) is 16.3. The highest BCUT2D eigenvalue weighted by Crippen LogP contribution is 2.28. The minimum atomic E-state index is 0.568. The zero-order valence-electron chi connectivity index (χ0n) is 16.6. The number of aromatic nitrogens is 3. The van der Waals surface area contributed by atoms with Crippen LogP contribution >= 0.6 is 0 Å². The summed E-state index contributed by atoms with van der Waals surface area (Å²) in [4.78, 5) is 12.9. The predicted molar refractivity (Wildman–Crippen MR) is 119 cm³/mol. The lowest BCUT2D eigenvalue weighted by Gasteiger charge is -2.15. The number of nitrogens with two attached hydrogens (primary N) is 1. The van der Waals surface area contributed by atoms with E-state index in [0.717, 1.165) is 29.0 Å². The van der Waals surface area contributed by atoms with Gasteiger partial charge in [0.05, 0.1) is 0 Å². The van der Waals surface area contributed by atoms with E-state index in [1.165, 1.54) is 22.3 Å². The Kier molecular flexibility index (Phi) is 5.24. The molecule has 0 unspecified atom stereocenters. The number of benzene rings is 2. The van der Waals surface area contributed by atoms with Crippen LogP contribution in [-0.4, -0.2) is 15.0 Å². The fourth-order valence-electron chi connectivity index (χ4n) is 3.52. The molecule has 0 atom stereocenters. The van der Waals surface area contributed by atoms with Crippen LogP contribution in [0.2, 0.25) is 0 Å². The minimum Gasteiger partial charge on any atom is -0.383 e. The summed E-state index contributed by atoms with van der Waals surface area (Å²) >= 11 is 0. The monoisotopic (exact) mass is 384 g/mol. The van der Waals surface area contributed by atoms with Gasteiger partial charge >= 0.3 is 0 Å². The van der Waals surface area contributed by atoms with Crippen molar-refractivity contribution in [3.8, 4) is 0 Å². The van der Waals surface area contributed by atoms with Crippen molar-refractivity contribution in [3.63, 3.8) is 0 Å². The van der Waals surface area contributed by atoms with Crippen molar-refractivity contribution in [2.45, 2.75) is 26.9 Å². The molecule has 0 aliphatic carbocycles. The number of hydrogen-bond acceptors (Lipinski definition) is 6. The van der Waals surface area contributed by atoms with Gasteiger partial charge in [0.15, 0.2) is 0 Å². The third kappa shape index (κ3) is 4.11. The summed E-state index contributed by atoms with van der Waals surface area (Å²) in [7, 11) is 0. The number of hydrogen-bond donors (Lipinski definition) is 3. The van der Waals surface area contributed by atoms with Crippen LogP contribution in [0.25, 0.3) is 10.8 Å². The molecule has 2 heterocycles. The van der Waals surface area contributed by atoms with E-state index in [-0.39, 0.29) is 0 Å². The van der Waals surface area contributed by atoms with E-state index in [9.17, 15) is 0 Å². The molecule has 0 saturated heterocycles. The maximum absolute atomic E-state index is 6.05. The molecular formula is C23H24N6. The Bertz CT molecular complexity index is 1140. The van der Waals surface area contributed by atoms with Crippen LogP contribution in [0.15, 0.2) is 61.1 Å². The van der Waals surface area contributed by atoms with Crippen LogP contribution in [-0.2, 0) is 13.1 Å². The van der Waals surface area contributed by atoms with E-state index in [4.69, 9.17) is 5.73 Å². The van der Waals surface area contributed by atoms with E-state index in [2.05, 4.69) is 57.6 Å². The van der Waals surface area contributed by atoms with Gasteiger partial charge in [0.1, 0.15) is 23.8 Å². The van der Waals surface area contributed by atoms with Gasteiger partial charge in [-0.05, 0) is 53.6 Å². The Morgan fingerprint density at radius 3 is 2.31 bits per heavy atom. The number of nitrogens with one attached hydrogen (secondary N) is 2. The van der Waals surface area contributed by atoms with Gasteiger partial charge in [-0.1, -0.05) is 30.3 Å². The van der Waals surface area contributed by atoms with Gasteiger partial charge < -0.3 is 16.4 Å². The smallest absolute Gasteiger partial charge is 0.131 e. The van der Waals surface area contributed by atoms with Crippen LogP contribution in [0.4, 0.5) is 17.5 Å². The van der Waals surface area contributed by atoms with Gasteiger partial charge in [0.2, 0.25) is 0 Å². The summed E-state index contributed by atoms with van der Waals surface area (Å²) < 4.78 is 0. The molecule has 4 aromatic rings. The molecule has 146 valence electrons. The second-order valence-electron chi connectivity index (χ2n) is 7.07. The molecule has 2 aromatic heterocycles. The van der Waals surface area contributed by atoms with Gasteiger partial charge in [-0.25, -0.2) is 15.0 Å². The van der Waals surface area contributed by atoms with Crippen LogP contribution in [0.1, 0.15) is 22.3 Å². The molecule has 0 bridgehead atoms. The van der Waals surface area contributed by atoms with E-state index >= 15 is 0 Å². The number of aryl methyl sites for hydroxylation is 2. The lowest BCUT2D eigenvalue weighted by atomic mass is 9.96. The van der Waals surface area contributed by atoms with Crippen LogP contribution in [0.3, 0.4) is 0 Å². The van der Waals surface area contributed by atoms with E-state index < -0.39 is 0 Å². The number of nitrogens with zero attached hydrogens (tertiary/aromatic N) is 3. The van der Waals surface area contributed by atoms with Gasteiger partial charge in [-0.3, -0.25) is 0 Å². The Morgan fingerprint density at radius 1 is 0.828 bits per heavy atom. The Hall–Kier alpha value is -3.67. The van der Waals surface area contributed by atoms with Crippen molar-refractivity contribution in [1.29, 1.82) is 0 Å². The molecule has 0 spiro atoms. The van der Waals surface area contributed by atoms with Gasteiger partial charge in [0, 0.05) is 30.7 Å². The van der Waals surface area contributed by atoms with Crippen molar-refractivity contribution in [2.24, 2.45) is 0 Å². The Morgan fingerprint density at radius 2 is 1.55 bits per heavy atom. The summed E-state index contributed by atoms with van der Waals surface area (Å²) in [5, 5.41) is 8.90. The molecule has 6 nitrogen and oxygen atoms in total. The van der Waals surface area contributed by atoms with Crippen LogP contribution < -0.4 is 16.4 Å². The molecular weight excluding hydrogens is 360 g/mol. The maximum Gasteiger partial charge on any atom is 0.131 e. The lowest BCUT2D eigenvalue weighted by molar-refractivity contribution is 1.04. The second kappa shape index (κ2) is 8.14. The molecule has 0 aliphatic rings. The SMILES string of the molecule is Cc1cc2c(N)nccc2c(C)c1CNc1cc(NCc2ccccc2)ncn1. The highest BCUT2D eigenvalue weighted by Gasteiger charge is 2.10. The van der Waals surface area contributed by atoms with Crippen molar-refractivity contribution >= 4 is 28.2 Å². The number of rotatable bonds is 6. The van der Waals surface area contributed by atoms with Gasteiger partial charge in [-0.2, -0.15) is 0 Å². The first-order chi connectivity index (χ1) is 14.1. The van der Waals surface area contributed by atoms with Crippen LogP contribution in [0.5, 0.6) is 0 Å². The number of pyridine rings is 1. The first-order valence-electron chi connectivity index (χ1n) is 9.59. The third-order valence-corrected chi connectivity index (χ3v) is 5.14. The average molecular weight is 384 g/mol. The molecule has 6 heteroatoms. The quantitative estimate of drug-likeness (QED) is 0.455. The molecule has 0 radical (unpaired) electrons. The van der Waals surface area contributed by atoms with Gasteiger partial charge in [0.25, 0.3) is 0 Å². The highest BCUT2D eigenvalue weighted by atomic mass is 15.1. The molecule has 4 rings (SSSR count). The maximum atomic E-state index is 6.05. The zero-order chi connectivity index (χ0) is 20.2. The minimum absolute atomic E-state index is 0.568. The summed E-state index contributed by atoms with van der Waals surface area (Å²) in [5.41, 5.74) is 10.9. The Labute approximate surface area is 170 Å². The molecule has 0 saturated carbocycles. The molecule has 4 N–H and O–H groups in total. The number of fused-ring (bicyclic) bond motifs is 1. The van der Waals surface area contributed by atoms with E-state index in [0.29, 0.717) is 12.4 Å². The van der Waals surface area contributed by atoms with Gasteiger partial charge in [-0.15, -0.1) is 0 Å². The first kappa shape index (κ1) is 18.7. The largest absolute Gasteiger partial charge is 0.383 e. The van der Waals surface area contributed by atoms with E-state index in [1.807, 2.05) is 30.3 Å². The Balaban J connectivity index is 1.49. The number of nitrogen functional groups attached to an aromatic ring is 1. The summed E-state index contributed by atoms with van der Waals surface area (Å²) in [5.74, 6) is 2.14. The molecule has 29 heavy (non-hydrogen) atoms. The zero-order valence-corrected chi connectivity index (χ0v) is 16.6. The summed E-state index contributed by atoms with van der Waals surface area (Å²) in [6.45, 7) is 5.61. The number of anilines is 3. The van der Waals surface area contributed by atoms with Crippen molar-refractivity contribution < 1.29 is 0 Å². The molecule has 2 aromatic carbocycles. The summed E-state index contributed by atoms with van der Waals surface area (Å²) in [6.07, 6.45) is 3.33. The average Bonchev–Trinajstić information content (AvgIpc) is 2.74. The fraction of sp³-hybridized carbons (Fsp3) is 0.174. The lowest BCUT2D eigenvalue weighted by Crippen LogP contribution is -2.07. The topological polar surface area (TPSA) is 88.8 Å². The first-order valence-corrected chi connectivity index (χ1v) is 9.59. The normalized spacial score (nSPS) is 10.8. The second-order valence-corrected chi connectivity index (χ2v) is 7.07. The third-order valence-electron chi connectivity index (χ3n) is 5.14. The van der Waals surface area contributed by atoms with Crippen LogP contribution in [0, 0.1) is 13.8 Å². The van der Waals surface area contributed by atoms with Crippen molar-refractivity contribution in [1.82, 2.24) is 15.0 Å². The molecule has 0 fully saturated rings. The molecule has 0 aliphatic heterocycles. The van der Waals surface area contributed by atoms with E-state index in [1.54, 1.807) is 12.5 Å². The standard InChI is InChI=1S/C23H24N6/c1-15-10-19-18(8-9-25-23(19)24)16(2)20(15)13-27-22-11-21(28-14-29-22)26-12-17-6-4-3-5-7-17/h3-11,14H,12-13H2,1-2H3,(H2,24,25)(H2,26,27,28,29). The predicted octanol–water partition coefficient (Wildman–Crippen LogP) is 4.45. The fourth-order valence-corrected chi connectivity index (χ4v) is 3.52. The van der Waals surface area contributed by atoms with Crippen molar-refractivity contribution in [3.05, 3.63) is 83.3 Å². The molecule has 0 amide bonds. The van der Waals surface area contributed by atoms with Crippen molar-refractivity contribution in [2.75, 3.05) is 16.4 Å². The highest BCUT2D eigenvalue weighted by molar-refractivity contribution is 5.94.